The maximum atomic E-state index is 6.19. The Bertz CT molecular complexity index is 280. The molecule has 0 aromatic carbocycles. The highest BCUT2D eigenvalue weighted by Crippen LogP contribution is 2.40. The predicted molar refractivity (Wildman–Crippen MR) is 59.7 cm³/mol. The Morgan fingerprint density at radius 3 is 3.27 bits per heavy atom. The van der Waals surface area contributed by atoms with Gasteiger partial charge in [-0.15, -0.1) is 11.8 Å². The second-order valence-corrected chi connectivity index (χ2v) is 6.22. The molecule has 0 fully saturated rings. The molecular formula is C7H5ClINS. The summed E-state index contributed by atoms with van der Waals surface area (Å²) in [7, 11) is 0. The van der Waals surface area contributed by atoms with Gasteiger partial charge in [-0.3, -0.25) is 4.99 Å². The van der Waals surface area contributed by atoms with Crippen molar-refractivity contribution in [3.63, 3.8) is 0 Å². The quantitative estimate of drug-likeness (QED) is 0.495. The molecule has 1 aliphatic carbocycles. The van der Waals surface area contributed by atoms with E-state index < -0.39 is 2.88 Å². The molecule has 0 aromatic rings. The minimum atomic E-state index is -0.397. The lowest BCUT2D eigenvalue weighted by Gasteiger charge is -2.18. The number of hydrogen-bond acceptors (Lipinski definition) is 2. The SMILES string of the molecule is ClC1(I)C=CC=C2SCN=C21. The van der Waals surface area contributed by atoms with Gasteiger partial charge in [0, 0.05) is 4.91 Å². The molecule has 1 unspecified atom stereocenters. The molecule has 0 bridgehead atoms. The zero-order valence-corrected chi connectivity index (χ0v) is 9.28. The Morgan fingerprint density at radius 2 is 2.55 bits per heavy atom. The van der Waals surface area contributed by atoms with Crippen LogP contribution in [0.4, 0.5) is 0 Å². The third kappa shape index (κ3) is 1.38. The third-order valence-electron chi connectivity index (χ3n) is 1.54. The van der Waals surface area contributed by atoms with Gasteiger partial charge in [0.15, 0.2) is 2.88 Å². The van der Waals surface area contributed by atoms with Crippen LogP contribution in [0.1, 0.15) is 0 Å². The maximum absolute atomic E-state index is 6.19. The zero-order valence-electron chi connectivity index (χ0n) is 5.55. The van der Waals surface area contributed by atoms with Gasteiger partial charge in [-0.1, -0.05) is 17.7 Å². The van der Waals surface area contributed by atoms with Gasteiger partial charge in [0.1, 0.15) is 0 Å². The largest absolute Gasteiger partial charge is 0.274 e. The highest BCUT2D eigenvalue weighted by Gasteiger charge is 2.34. The Balaban J connectivity index is 2.46. The van der Waals surface area contributed by atoms with Crippen molar-refractivity contribution in [2.75, 3.05) is 5.88 Å². The van der Waals surface area contributed by atoms with Crippen LogP contribution in [0.3, 0.4) is 0 Å². The summed E-state index contributed by atoms with van der Waals surface area (Å²) in [5, 5.41) is 0. The van der Waals surface area contributed by atoms with Crippen molar-refractivity contribution in [1.29, 1.82) is 0 Å². The highest BCUT2D eigenvalue weighted by molar-refractivity contribution is 14.1. The molecule has 0 N–H and O–H groups in total. The summed E-state index contributed by atoms with van der Waals surface area (Å²) in [6.07, 6.45) is 6.02. The van der Waals surface area contributed by atoms with Gasteiger partial charge >= 0.3 is 0 Å². The minimum Gasteiger partial charge on any atom is -0.274 e. The number of nitrogens with zero attached hydrogens (tertiary/aromatic N) is 1. The van der Waals surface area contributed by atoms with Crippen molar-refractivity contribution in [3.8, 4) is 0 Å². The van der Waals surface area contributed by atoms with Crippen LogP contribution in [0.15, 0.2) is 28.1 Å². The number of allylic oxidation sites excluding steroid dienone is 4. The lowest BCUT2D eigenvalue weighted by Crippen LogP contribution is -2.23. The van der Waals surface area contributed by atoms with E-state index in [0.29, 0.717) is 0 Å². The van der Waals surface area contributed by atoms with Crippen LogP contribution >= 0.6 is 46.0 Å². The molecule has 0 radical (unpaired) electrons. The first-order valence-corrected chi connectivity index (χ1v) is 5.60. The first-order valence-electron chi connectivity index (χ1n) is 3.15. The third-order valence-corrected chi connectivity index (χ3v) is 3.62. The van der Waals surface area contributed by atoms with E-state index in [9.17, 15) is 0 Å². The van der Waals surface area contributed by atoms with Gasteiger partial charge < -0.3 is 0 Å². The Kier molecular flexibility index (Phi) is 2.06. The van der Waals surface area contributed by atoms with Crippen molar-refractivity contribution in [2.24, 2.45) is 4.99 Å². The number of fused-ring (bicyclic) bond motifs is 1. The minimum absolute atomic E-state index is 0.397. The van der Waals surface area contributed by atoms with Crippen LogP contribution in [0.2, 0.25) is 0 Å². The van der Waals surface area contributed by atoms with E-state index in [1.807, 2.05) is 12.2 Å². The van der Waals surface area contributed by atoms with E-state index in [2.05, 4.69) is 33.7 Å². The van der Waals surface area contributed by atoms with Crippen LogP contribution in [0.25, 0.3) is 0 Å². The summed E-state index contributed by atoms with van der Waals surface area (Å²) in [6.45, 7) is 0. The average molecular weight is 298 g/mol. The lowest BCUT2D eigenvalue weighted by atomic mass is 10.1. The van der Waals surface area contributed by atoms with Gasteiger partial charge in [-0.25, -0.2) is 0 Å². The fourth-order valence-corrected chi connectivity index (χ4v) is 3.06. The van der Waals surface area contributed by atoms with Crippen LogP contribution < -0.4 is 0 Å². The summed E-state index contributed by atoms with van der Waals surface area (Å²) < 4.78 is -0.397. The van der Waals surface area contributed by atoms with Gasteiger partial charge in [0.2, 0.25) is 0 Å². The number of alkyl halides is 2. The molecule has 0 spiro atoms. The molecule has 0 amide bonds. The van der Waals surface area contributed by atoms with Crippen LogP contribution in [-0.4, -0.2) is 14.5 Å². The summed E-state index contributed by atoms with van der Waals surface area (Å²) in [4.78, 5) is 5.55. The van der Waals surface area contributed by atoms with E-state index in [1.54, 1.807) is 11.8 Å². The van der Waals surface area contributed by atoms with Crippen LogP contribution in [0, 0.1) is 0 Å². The fraction of sp³-hybridized carbons (Fsp3) is 0.286. The highest BCUT2D eigenvalue weighted by atomic mass is 127. The molecule has 11 heavy (non-hydrogen) atoms. The number of aliphatic imine (C=N–C) groups is 1. The fourth-order valence-electron chi connectivity index (χ4n) is 1.04. The van der Waals surface area contributed by atoms with E-state index in [-0.39, 0.29) is 0 Å². The summed E-state index contributed by atoms with van der Waals surface area (Å²) in [6, 6.07) is 0. The topological polar surface area (TPSA) is 12.4 Å². The lowest BCUT2D eigenvalue weighted by molar-refractivity contribution is 1.32. The van der Waals surface area contributed by atoms with E-state index in [0.717, 1.165) is 11.6 Å². The summed E-state index contributed by atoms with van der Waals surface area (Å²) >= 11 is 10.1. The second-order valence-electron chi connectivity index (χ2n) is 2.29. The number of halogens is 2. The molecule has 1 aliphatic heterocycles. The van der Waals surface area contributed by atoms with Crippen molar-refractivity contribution in [3.05, 3.63) is 23.1 Å². The zero-order chi connectivity index (χ0) is 7.90. The van der Waals surface area contributed by atoms with E-state index in [1.165, 1.54) is 4.91 Å². The first-order chi connectivity index (χ1) is 5.20. The number of hydrogen-bond donors (Lipinski definition) is 0. The van der Waals surface area contributed by atoms with Gasteiger partial charge in [-0.05, 0) is 34.7 Å². The standard InChI is InChI=1S/C7H5ClINS/c8-7(9)3-1-2-5-6(7)10-4-11-5/h1-3H,4H2. The molecule has 1 nitrogen and oxygen atoms in total. The molecular weight excluding hydrogens is 293 g/mol. The van der Waals surface area contributed by atoms with E-state index in [4.69, 9.17) is 11.6 Å². The molecule has 0 aromatic heterocycles. The van der Waals surface area contributed by atoms with Crippen molar-refractivity contribution in [2.45, 2.75) is 2.88 Å². The average Bonchev–Trinajstić information content (AvgIpc) is 2.34. The van der Waals surface area contributed by atoms with Gasteiger partial charge in [0.25, 0.3) is 0 Å². The van der Waals surface area contributed by atoms with Crippen molar-refractivity contribution in [1.82, 2.24) is 0 Å². The molecule has 2 aliphatic rings. The molecule has 0 saturated carbocycles. The monoisotopic (exact) mass is 297 g/mol. The first kappa shape index (κ1) is 8.13. The van der Waals surface area contributed by atoms with Gasteiger partial charge in [0.05, 0.1) is 11.6 Å². The molecule has 2 rings (SSSR count). The summed E-state index contributed by atoms with van der Waals surface area (Å²) in [5.41, 5.74) is 1.02. The van der Waals surface area contributed by atoms with E-state index >= 15 is 0 Å². The molecule has 1 atom stereocenters. The van der Waals surface area contributed by atoms with Gasteiger partial charge in [-0.2, -0.15) is 0 Å². The Hall–Kier alpha value is 0.520. The maximum Gasteiger partial charge on any atom is 0.156 e. The van der Waals surface area contributed by atoms with Crippen molar-refractivity contribution < 1.29 is 0 Å². The predicted octanol–water partition coefficient (Wildman–Crippen LogP) is 2.96. The number of thioether (sulfide) groups is 1. The van der Waals surface area contributed by atoms with Crippen LogP contribution in [-0.2, 0) is 0 Å². The Morgan fingerprint density at radius 1 is 1.73 bits per heavy atom. The smallest absolute Gasteiger partial charge is 0.156 e. The van der Waals surface area contributed by atoms with Crippen LogP contribution in [0.5, 0.6) is 0 Å². The molecule has 58 valence electrons. The second kappa shape index (κ2) is 2.78. The normalized spacial score (nSPS) is 34.7. The molecule has 0 saturated heterocycles. The summed E-state index contributed by atoms with van der Waals surface area (Å²) in [5.74, 6) is 0.820. The Labute approximate surface area is 88.1 Å². The molecule has 1 heterocycles. The molecule has 4 heteroatoms. The number of rotatable bonds is 0. The van der Waals surface area contributed by atoms with Crippen molar-refractivity contribution >= 4 is 51.7 Å².